The minimum atomic E-state index is 0.724. The van der Waals surface area contributed by atoms with Crippen molar-refractivity contribution in [3.8, 4) is 0 Å². The van der Waals surface area contributed by atoms with Crippen LogP contribution in [0.25, 0.3) is 0 Å². The molecule has 0 aliphatic carbocycles. The summed E-state index contributed by atoms with van der Waals surface area (Å²) in [5.41, 5.74) is 0. The molecule has 0 atom stereocenters. The largest absolute Gasteiger partial charge is 0.247 e. The monoisotopic (exact) mass is 181 g/mol. The SMILES string of the molecule is CB(C)SSSN(C)C. The quantitative estimate of drug-likeness (QED) is 0.372. The first-order chi connectivity index (χ1) is 4.13. The molecule has 1 nitrogen and oxygen atoms in total. The fourth-order valence-electron chi connectivity index (χ4n) is 0.157. The molecule has 0 saturated carbocycles. The molecule has 0 saturated heterocycles. The normalized spacial score (nSPS) is 10.3. The minimum absolute atomic E-state index is 0.724. The molecule has 9 heavy (non-hydrogen) atoms. The van der Waals surface area contributed by atoms with Crippen LogP contribution in [0.4, 0.5) is 0 Å². The lowest BCUT2D eigenvalue weighted by Crippen LogP contribution is -1.96. The van der Waals surface area contributed by atoms with Gasteiger partial charge in [-0.15, -0.1) is 10.6 Å². The fourth-order valence-corrected chi connectivity index (χ4v) is 4.24. The van der Waals surface area contributed by atoms with Crippen LogP contribution in [0.1, 0.15) is 0 Å². The second-order valence-corrected chi connectivity index (χ2v) is 6.91. The lowest BCUT2D eigenvalue weighted by atomic mass is 9.84. The zero-order valence-corrected chi connectivity index (χ0v) is 8.70. The van der Waals surface area contributed by atoms with E-state index in [9.17, 15) is 0 Å². The van der Waals surface area contributed by atoms with Gasteiger partial charge < -0.3 is 0 Å². The van der Waals surface area contributed by atoms with E-state index in [1.807, 2.05) is 20.5 Å². The van der Waals surface area contributed by atoms with Crippen LogP contribution in [0.15, 0.2) is 0 Å². The molecule has 0 aromatic carbocycles. The van der Waals surface area contributed by atoms with E-state index >= 15 is 0 Å². The highest BCUT2D eigenvalue weighted by Crippen LogP contribution is 2.36. The molecule has 0 amide bonds. The lowest BCUT2D eigenvalue weighted by Gasteiger charge is -2.06. The van der Waals surface area contributed by atoms with Crippen LogP contribution < -0.4 is 0 Å². The number of rotatable bonds is 4. The first-order valence-electron chi connectivity index (χ1n) is 2.80. The van der Waals surface area contributed by atoms with Crippen molar-refractivity contribution in [1.82, 2.24) is 4.31 Å². The van der Waals surface area contributed by atoms with Crippen molar-refractivity contribution < 1.29 is 0 Å². The van der Waals surface area contributed by atoms with Crippen LogP contribution in [0.2, 0.25) is 13.6 Å². The van der Waals surface area contributed by atoms with Gasteiger partial charge in [0.05, 0.1) is 0 Å². The highest BCUT2D eigenvalue weighted by atomic mass is 33.5. The number of hydrogen-bond donors (Lipinski definition) is 0. The van der Waals surface area contributed by atoms with Gasteiger partial charge in [0.15, 0.2) is 0 Å². The summed E-state index contributed by atoms with van der Waals surface area (Å²) in [5.74, 6) is 0.724. The molecule has 0 heterocycles. The summed E-state index contributed by atoms with van der Waals surface area (Å²) >= 11 is 0. The lowest BCUT2D eigenvalue weighted by molar-refractivity contribution is 0.712. The van der Waals surface area contributed by atoms with Crippen LogP contribution in [0, 0.1) is 0 Å². The van der Waals surface area contributed by atoms with Crippen molar-refractivity contribution in [2.24, 2.45) is 0 Å². The van der Waals surface area contributed by atoms with Gasteiger partial charge in [-0.3, -0.25) is 0 Å². The molecule has 0 N–H and O–H groups in total. The molecule has 0 aromatic rings. The Morgan fingerprint density at radius 3 is 2.11 bits per heavy atom. The van der Waals surface area contributed by atoms with Crippen molar-refractivity contribution in [2.45, 2.75) is 13.6 Å². The van der Waals surface area contributed by atoms with Crippen molar-refractivity contribution in [2.75, 3.05) is 14.1 Å². The van der Waals surface area contributed by atoms with Gasteiger partial charge in [-0.1, -0.05) is 13.6 Å². The Morgan fingerprint density at radius 1 is 1.22 bits per heavy atom. The summed E-state index contributed by atoms with van der Waals surface area (Å²) < 4.78 is 2.10. The summed E-state index contributed by atoms with van der Waals surface area (Å²) in [6, 6.07) is 0. The van der Waals surface area contributed by atoms with Crippen molar-refractivity contribution in [1.29, 1.82) is 0 Å². The maximum Gasteiger partial charge on any atom is 0.218 e. The third-order valence-electron chi connectivity index (χ3n) is 0.411. The topological polar surface area (TPSA) is 3.24 Å². The Hall–Kier alpha value is 1.07. The van der Waals surface area contributed by atoms with Crippen LogP contribution in [0.5, 0.6) is 0 Å². The molecular weight excluding hydrogens is 169 g/mol. The Kier molecular flexibility index (Phi) is 6.53. The zero-order valence-electron chi connectivity index (χ0n) is 6.25. The first kappa shape index (κ1) is 10.1. The van der Waals surface area contributed by atoms with Gasteiger partial charge in [-0.2, -0.15) is 0 Å². The van der Waals surface area contributed by atoms with Crippen molar-refractivity contribution in [3.05, 3.63) is 0 Å². The van der Waals surface area contributed by atoms with Crippen LogP contribution in [-0.4, -0.2) is 24.4 Å². The standard InChI is InChI=1S/C4H12BNS3/c1-5(2)7-9-8-6(3)4/h1-4H3. The van der Waals surface area contributed by atoms with E-state index in [1.54, 1.807) is 11.0 Å². The van der Waals surface area contributed by atoms with Gasteiger partial charge in [-0.05, 0) is 23.9 Å². The molecule has 0 unspecified atom stereocenters. The maximum absolute atomic E-state index is 2.20. The van der Waals surface area contributed by atoms with E-state index in [0.717, 1.165) is 5.99 Å². The van der Waals surface area contributed by atoms with Gasteiger partial charge in [0.2, 0.25) is 5.99 Å². The van der Waals surface area contributed by atoms with Gasteiger partial charge in [-0.25, -0.2) is 4.31 Å². The molecule has 0 aromatic heterocycles. The highest BCUT2D eigenvalue weighted by Gasteiger charge is 1.99. The number of hydrogen-bond acceptors (Lipinski definition) is 4. The molecule has 0 rings (SSSR count). The number of nitrogens with zero attached hydrogens (tertiary/aromatic N) is 1. The van der Waals surface area contributed by atoms with Gasteiger partial charge >= 0.3 is 0 Å². The third kappa shape index (κ3) is 9.07. The van der Waals surface area contributed by atoms with E-state index < -0.39 is 0 Å². The van der Waals surface area contributed by atoms with E-state index in [0.29, 0.717) is 0 Å². The summed E-state index contributed by atoms with van der Waals surface area (Å²) in [7, 11) is 9.61. The molecule has 54 valence electrons. The molecule has 5 heteroatoms. The van der Waals surface area contributed by atoms with Gasteiger partial charge in [0.1, 0.15) is 0 Å². The molecular formula is C4H12BNS3. The minimum Gasteiger partial charge on any atom is -0.247 e. The summed E-state index contributed by atoms with van der Waals surface area (Å²) in [6.07, 6.45) is 0. The predicted octanol–water partition coefficient (Wildman–Crippen LogP) is 2.74. The summed E-state index contributed by atoms with van der Waals surface area (Å²) in [4.78, 5) is 0. The van der Waals surface area contributed by atoms with E-state index in [2.05, 4.69) is 32.0 Å². The van der Waals surface area contributed by atoms with Crippen LogP contribution in [-0.2, 0) is 0 Å². The summed E-state index contributed by atoms with van der Waals surface area (Å²) in [6.45, 7) is 4.40. The first-order valence-corrected chi connectivity index (χ1v) is 6.30. The highest BCUT2D eigenvalue weighted by molar-refractivity contribution is 9.13. The van der Waals surface area contributed by atoms with Gasteiger partial charge in [0.25, 0.3) is 0 Å². The van der Waals surface area contributed by atoms with E-state index in [-0.39, 0.29) is 0 Å². The van der Waals surface area contributed by atoms with Gasteiger partial charge in [0, 0.05) is 11.0 Å². The smallest absolute Gasteiger partial charge is 0.218 e. The summed E-state index contributed by atoms with van der Waals surface area (Å²) in [5, 5.41) is 0. The fraction of sp³-hybridized carbons (Fsp3) is 1.00. The van der Waals surface area contributed by atoms with Crippen LogP contribution in [0.3, 0.4) is 0 Å². The molecule has 0 fully saturated rings. The molecule has 0 aliphatic rings. The Balaban J connectivity index is 2.91. The van der Waals surface area contributed by atoms with Crippen molar-refractivity contribution in [3.63, 3.8) is 0 Å². The van der Waals surface area contributed by atoms with Crippen molar-refractivity contribution >= 4 is 37.4 Å². The van der Waals surface area contributed by atoms with E-state index in [1.165, 1.54) is 0 Å². The Labute approximate surface area is 69.6 Å². The zero-order chi connectivity index (χ0) is 7.28. The average molecular weight is 181 g/mol. The third-order valence-corrected chi connectivity index (χ3v) is 4.96. The average Bonchev–Trinajstić information content (AvgIpc) is 1.63. The van der Waals surface area contributed by atoms with Crippen LogP contribution >= 0.6 is 31.5 Å². The molecule has 0 radical (unpaired) electrons. The maximum atomic E-state index is 2.20. The second kappa shape index (κ2) is 5.83. The molecule has 0 spiro atoms. The Bertz CT molecular complexity index is 60.8. The molecule has 0 bridgehead atoms. The van der Waals surface area contributed by atoms with E-state index in [4.69, 9.17) is 0 Å². The Morgan fingerprint density at radius 2 is 1.78 bits per heavy atom. The molecule has 0 aliphatic heterocycles. The predicted molar refractivity (Wildman–Crippen MR) is 53.9 cm³/mol. The second-order valence-electron chi connectivity index (χ2n) is 2.10.